The highest BCUT2D eigenvalue weighted by Crippen LogP contribution is 2.24. The van der Waals surface area contributed by atoms with Gasteiger partial charge in [0.2, 0.25) is 0 Å². The van der Waals surface area contributed by atoms with Crippen LogP contribution >= 0.6 is 0 Å². The van der Waals surface area contributed by atoms with E-state index in [1.54, 1.807) is 12.3 Å². The average Bonchev–Trinajstić information content (AvgIpc) is 3.28. The summed E-state index contributed by atoms with van der Waals surface area (Å²) in [5, 5.41) is 10.8. The highest BCUT2D eigenvalue weighted by molar-refractivity contribution is 5.73. The van der Waals surface area contributed by atoms with Crippen molar-refractivity contribution in [2.24, 2.45) is 0 Å². The third-order valence-electron chi connectivity index (χ3n) is 5.38. The third-order valence-corrected chi connectivity index (χ3v) is 5.38. The van der Waals surface area contributed by atoms with Gasteiger partial charge in [-0.3, -0.25) is 4.98 Å². The number of halogens is 4. The van der Waals surface area contributed by atoms with Gasteiger partial charge in [-0.2, -0.15) is 13.2 Å². The number of hydrogen-bond acceptors (Lipinski definition) is 5. The van der Waals surface area contributed by atoms with Gasteiger partial charge in [0.1, 0.15) is 0 Å². The lowest BCUT2D eigenvalue weighted by atomic mass is 10.0. The summed E-state index contributed by atoms with van der Waals surface area (Å²) in [5.74, 6) is -2.55. The number of carbonyl (C=O) groups is 1. The Morgan fingerprint density at radius 1 is 1.09 bits per heavy atom. The monoisotopic (exact) mass is 476 g/mol. The fraction of sp³-hybridized carbons (Fsp3) is 0.292. The fourth-order valence-corrected chi connectivity index (χ4v) is 3.66. The fourth-order valence-electron chi connectivity index (χ4n) is 3.66. The second-order valence-electron chi connectivity index (χ2n) is 7.79. The van der Waals surface area contributed by atoms with Gasteiger partial charge in [-0.1, -0.05) is 24.3 Å². The number of benzene rings is 1. The third kappa shape index (κ3) is 6.74. The summed E-state index contributed by atoms with van der Waals surface area (Å²) in [4.78, 5) is 19.2. The van der Waals surface area contributed by atoms with E-state index in [1.165, 1.54) is 22.8 Å². The number of aliphatic carboxylic acids is 1. The van der Waals surface area contributed by atoms with Gasteiger partial charge in [0, 0.05) is 43.8 Å². The van der Waals surface area contributed by atoms with Crippen molar-refractivity contribution in [1.29, 1.82) is 0 Å². The molecule has 0 radical (unpaired) electrons. The maximum atomic E-state index is 13.9. The number of anilines is 1. The number of pyridine rings is 2. The first-order valence-corrected chi connectivity index (χ1v) is 10.6. The Labute approximate surface area is 194 Å². The van der Waals surface area contributed by atoms with Crippen LogP contribution in [0.3, 0.4) is 0 Å². The highest BCUT2D eigenvalue weighted by Gasteiger charge is 2.38. The van der Waals surface area contributed by atoms with Crippen LogP contribution in [0, 0.1) is 5.82 Å². The zero-order chi connectivity index (χ0) is 24.7. The summed E-state index contributed by atoms with van der Waals surface area (Å²) in [6.07, 6.45) is 1.16. The normalized spacial score (nSPS) is 16.5. The molecule has 1 saturated heterocycles. The van der Waals surface area contributed by atoms with E-state index in [0.717, 1.165) is 19.5 Å². The van der Waals surface area contributed by atoms with Crippen molar-refractivity contribution in [3.8, 4) is 11.1 Å². The maximum Gasteiger partial charge on any atom is 0.490 e. The lowest BCUT2D eigenvalue weighted by molar-refractivity contribution is -0.192. The number of carboxylic acid groups (broad SMARTS) is 1. The summed E-state index contributed by atoms with van der Waals surface area (Å²) >= 11 is 0. The highest BCUT2D eigenvalue weighted by atomic mass is 19.4. The number of nitrogens with zero attached hydrogens (tertiary/aromatic N) is 3. The first-order valence-electron chi connectivity index (χ1n) is 10.6. The largest absolute Gasteiger partial charge is 0.490 e. The minimum Gasteiger partial charge on any atom is -0.475 e. The SMILES string of the molecule is CC(NC1CCN(c2ncccc2F)C1)c1ccc(-c2ccncc2)cc1.O=C(O)C(F)(F)F. The van der Waals surface area contributed by atoms with Crippen molar-refractivity contribution in [1.82, 2.24) is 15.3 Å². The van der Waals surface area contributed by atoms with E-state index in [9.17, 15) is 17.6 Å². The molecule has 2 aromatic heterocycles. The van der Waals surface area contributed by atoms with Crippen molar-refractivity contribution < 1.29 is 27.5 Å². The van der Waals surface area contributed by atoms with Crippen molar-refractivity contribution in [3.63, 3.8) is 0 Å². The summed E-state index contributed by atoms with van der Waals surface area (Å²) in [5.41, 5.74) is 3.60. The van der Waals surface area contributed by atoms with Crippen LogP contribution in [0.1, 0.15) is 24.9 Å². The molecule has 1 aromatic carbocycles. The number of carboxylic acids is 1. The van der Waals surface area contributed by atoms with Crippen molar-refractivity contribution in [2.45, 2.75) is 31.6 Å². The van der Waals surface area contributed by atoms with E-state index in [4.69, 9.17) is 9.90 Å². The van der Waals surface area contributed by atoms with Crippen LogP contribution in [-0.4, -0.2) is 46.4 Å². The molecule has 4 rings (SSSR count). The maximum absolute atomic E-state index is 13.9. The van der Waals surface area contributed by atoms with Crippen molar-refractivity contribution in [2.75, 3.05) is 18.0 Å². The Kier molecular flexibility index (Phi) is 8.17. The molecule has 0 saturated carbocycles. The van der Waals surface area contributed by atoms with Crippen molar-refractivity contribution in [3.05, 3.63) is 78.5 Å². The van der Waals surface area contributed by atoms with Crippen LogP contribution in [0.5, 0.6) is 0 Å². The van der Waals surface area contributed by atoms with E-state index in [1.807, 2.05) is 29.4 Å². The van der Waals surface area contributed by atoms with E-state index >= 15 is 0 Å². The minimum absolute atomic E-state index is 0.231. The number of nitrogens with one attached hydrogen (secondary N) is 1. The molecule has 2 atom stereocenters. The predicted molar refractivity (Wildman–Crippen MR) is 120 cm³/mol. The molecule has 180 valence electrons. The van der Waals surface area contributed by atoms with Crippen LogP contribution < -0.4 is 10.2 Å². The van der Waals surface area contributed by atoms with Crippen LogP contribution in [0.2, 0.25) is 0 Å². The van der Waals surface area contributed by atoms with Crippen LogP contribution in [0.4, 0.5) is 23.4 Å². The molecule has 3 heterocycles. The van der Waals surface area contributed by atoms with E-state index < -0.39 is 12.1 Å². The van der Waals surface area contributed by atoms with E-state index in [-0.39, 0.29) is 11.9 Å². The lowest BCUT2D eigenvalue weighted by Gasteiger charge is -2.21. The molecule has 34 heavy (non-hydrogen) atoms. The zero-order valence-electron chi connectivity index (χ0n) is 18.3. The second kappa shape index (κ2) is 11.1. The molecule has 3 aromatic rings. The first-order chi connectivity index (χ1) is 16.1. The quantitative estimate of drug-likeness (QED) is 0.513. The smallest absolute Gasteiger partial charge is 0.475 e. The summed E-state index contributed by atoms with van der Waals surface area (Å²) < 4.78 is 45.7. The Balaban J connectivity index is 0.000000406. The molecule has 0 aliphatic carbocycles. The molecule has 1 fully saturated rings. The Hall–Kier alpha value is -3.53. The van der Waals surface area contributed by atoms with E-state index in [0.29, 0.717) is 11.9 Å². The lowest BCUT2D eigenvalue weighted by Crippen LogP contribution is -2.34. The Morgan fingerprint density at radius 2 is 1.71 bits per heavy atom. The molecule has 1 aliphatic rings. The molecule has 0 amide bonds. The van der Waals surface area contributed by atoms with Gasteiger partial charge in [-0.05, 0) is 54.3 Å². The van der Waals surface area contributed by atoms with Crippen LogP contribution in [-0.2, 0) is 4.79 Å². The molecule has 0 bridgehead atoms. The average molecular weight is 476 g/mol. The van der Waals surface area contributed by atoms with Gasteiger partial charge >= 0.3 is 12.1 Å². The van der Waals surface area contributed by atoms with Crippen LogP contribution in [0.25, 0.3) is 11.1 Å². The molecule has 2 unspecified atom stereocenters. The van der Waals surface area contributed by atoms with Gasteiger partial charge in [0.05, 0.1) is 0 Å². The predicted octanol–water partition coefficient (Wildman–Crippen LogP) is 4.85. The van der Waals surface area contributed by atoms with Crippen LogP contribution in [0.15, 0.2) is 67.1 Å². The molecule has 2 N–H and O–H groups in total. The number of alkyl halides is 3. The summed E-state index contributed by atoms with van der Waals surface area (Å²) in [6.45, 7) is 3.76. The standard InChI is InChI=1S/C22H23FN4.C2HF3O2/c1-16(17-4-6-18(7-5-17)19-8-12-24-13-9-19)26-20-10-14-27(15-20)22-21(23)3-2-11-25-22;3-2(4,5)1(6)7/h2-9,11-13,16,20,26H,10,14-15H2,1H3;(H,6,7). The molecular formula is C24H24F4N4O2. The molecule has 0 spiro atoms. The second-order valence-corrected chi connectivity index (χ2v) is 7.79. The summed E-state index contributed by atoms with van der Waals surface area (Å²) in [7, 11) is 0. The first kappa shape index (κ1) is 25.1. The van der Waals surface area contributed by atoms with Gasteiger partial charge < -0.3 is 15.3 Å². The zero-order valence-corrected chi connectivity index (χ0v) is 18.3. The molecule has 6 nitrogen and oxygen atoms in total. The topological polar surface area (TPSA) is 78.3 Å². The van der Waals surface area contributed by atoms with Crippen molar-refractivity contribution >= 4 is 11.8 Å². The number of rotatable bonds is 5. The van der Waals surface area contributed by atoms with Gasteiger partial charge in [-0.25, -0.2) is 14.2 Å². The number of aromatic nitrogens is 2. The van der Waals surface area contributed by atoms with E-state index in [2.05, 4.69) is 46.5 Å². The minimum atomic E-state index is -5.08. The van der Waals surface area contributed by atoms with Gasteiger partial charge in [0.25, 0.3) is 0 Å². The Bertz CT molecular complexity index is 1080. The molecule has 1 aliphatic heterocycles. The van der Waals surface area contributed by atoms with Gasteiger partial charge in [-0.15, -0.1) is 0 Å². The number of hydrogen-bond donors (Lipinski definition) is 2. The Morgan fingerprint density at radius 3 is 2.29 bits per heavy atom. The molecule has 10 heteroatoms. The van der Waals surface area contributed by atoms with Gasteiger partial charge in [0.15, 0.2) is 11.6 Å². The summed E-state index contributed by atoms with van der Waals surface area (Å²) in [6, 6.07) is 16.3. The molecular weight excluding hydrogens is 452 g/mol.